The summed E-state index contributed by atoms with van der Waals surface area (Å²) in [5, 5.41) is 11.8. The predicted molar refractivity (Wildman–Crippen MR) is 57.5 cm³/mol. The van der Waals surface area contributed by atoms with E-state index in [2.05, 4.69) is 15.5 Å². The van der Waals surface area contributed by atoms with Gasteiger partial charge in [-0.25, -0.2) is 0 Å². The third-order valence-corrected chi connectivity index (χ3v) is 2.79. The summed E-state index contributed by atoms with van der Waals surface area (Å²) >= 11 is 5.82. The minimum atomic E-state index is 0.552. The zero-order chi connectivity index (χ0) is 9.80. The topological polar surface area (TPSA) is 37.8 Å². The van der Waals surface area contributed by atoms with E-state index in [1.807, 2.05) is 6.07 Å². The summed E-state index contributed by atoms with van der Waals surface area (Å²) in [4.78, 5) is 0. The van der Waals surface area contributed by atoms with Crippen LogP contribution in [0.3, 0.4) is 0 Å². The van der Waals surface area contributed by atoms with Crippen LogP contribution in [0.5, 0.6) is 0 Å². The first-order valence-corrected chi connectivity index (χ1v) is 5.47. The van der Waals surface area contributed by atoms with Crippen LogP contribution < -0.4 is 5.32 Å². The number of nitrogens with one attached hydrogen (secondary N) is 1. The fraction of sp³-hybridized carbons (Fsp3) is 0.600. The van der Waals surface area contributed by atoms with Gasteiger partial charge >= 0.3 is 0 Å². The third kappa shape index (κ3) is 2.58. The van der Waals surface area contributed by atoms with E-state index in [1.165, 1.54) is 32.1 Å². The fourth-order valence-electron chi connectivity index (χ4n) is 1.87. The van der Waals surface area contributed by atoms with E-state index < -0.39 is 0 Å². The number of anilines is 1. The van der Waals surface area contributed by atoms with Gasteiger partial charge in [-0.2, -0.15) is 5.10 Å². The third-order valence-electron chi connectivity index (χ3n) is 2.58. The average molecular weight is 212 g/mol. The van der Waals surface area contributed by atoms with E-state index in [4.69, 9.17) is 11.6 Å². The first-order chi connectivity index (χ1) is 6.84. The summed E-state index contributed by atoms with van der Waals surface area (Å²) in [6, 6.07) is 2.37. The molecule has 0 unspecified atom stereocenters. The van der Waals surface area contributed by atoms with Crippen LogP contribution in [0.2, 0.25) is 5.02 Å². The largest absolute Gasteiger partial charge is 0.366 e. The van der Waals surface area contributed by atoms with Crippen molar-refractivity contribution in [1.82, 2.24) is 10.2 Å². The number of hydrogen-bond donors (Lipinski definition) is 1. The number of rotatable bonds is 2. The second-order valence-corrected chi connectivity index (χ2v) is 4.17. The number of halogens is 1. The van der Waals surface area contributed by atoms with Crippen molar-refractivity contribution in [3.63, 3.8) is 0 Å². The highest BCUT2D eigenvalue weighted by Crippen LogP contribution is 2.21. The minimum Gasteiger partial charge on any atom is -0.366 e. The van der Waals surface area contributed by atoms with Crippen LogP contribution in [0.4, 0.5) is 5.82 Å². The number of hydrogen-bond acceptors (Lipinski definition) is 3. The highest BCUT2D eigenvalue weighted by molar-refractivity contribution is 6.30. The quantitative estimate of drug-likeness (QED) is 0.818. The predicted octanol–water partition coefficient (Wildman–Crippen LogP) is 2.87. The fourth-order valence-corrected chi connectivity index (χ4v) is 2.02. The van der Waals surface area contributed by atoms with Crippen molar-refractivity contribution in [2.24, 2.45) is 0 Å². The average Bonchev–Trinajstić information content (AvgIpc) is 2.19. The van der Waals surface area contributed by atoms with Gasteiger partial charge in [0.05, 0.1) is 11.2 Å². The smallest absolute Gasteiger partial charge is 0.150 e. The maximum Gasteiger partial charge on any atom is 0.150 e. The molecule has 14 heavy (non-hydrogen) atoms. The molecule has 1 N–H and O–H groups in total. The van der Waals surface area contributed by atoms with E-state index >= 15 is 0 Å². The second-order valence-electron chi connectivity index (χ2n) is 3.74. The van der Waals surface area contributed by atoms with Crippen LogP contribution in [0.25, 0.3) is 0 Å². The van der Waals surface area contributed by atoms with Gasteiger partial charge in [-0.15, -0.1) is 5.10 Å². The molecule has 1 saturated carbocycles. The van der Waals surface area contributed by atoms with Crippen molar-refractivity contribution in [1.29, 1.82) is 0 Å². The Kier molecular flexibility index (Phi) is 3.19. The Bertz CT molecular complexity index is 297. The Balaban J connectivity index is 1.95. The molecule has 0 aromatic carbocycles. The molecule has 4 heteroatoms. The van der Waals surface area contributed by atoms with E-state index in [0.717, 1.165) is 5.82 Å². The molecule has 3 nitrogen and oxygen atoms in total. The van der Waals surface area contributed by atoms with E-state index in [1.54, 1.807) is 6.20 Å². The normalized spacial score (nSPS) is 18.1. The molecule has 1 aliphatic rings. The highest BCUT2D eigenvalue weighted by atomic mass is 35.5. The van der Waals surface area contributed by atoms with Crippen molar-refractivity contribution in [3.05, 3.63) is 17.3 Å². The van der Waals surface area contributed by atoms with Crippen LogP contribution in [-0.4, -0.2) is 16.2 Å². The van der Waals surface area contributed by atoms with Gasteiger partial charge in [-0.05, 0) is 12.8 Å². The van der Waals surface area contributed by atoms with Gasteiger partial charge in [-0.3, -0.25) is 0 Å². The molecule has 76 valence electrons. The molecule has 1 aromatic heterocycles. The lowest BCUT2D eigenvalue weighted by Gasteiger charge is -2.22. The van der Waals surface area contributed by atoms with Crippen molar-refractivity contribution in [2.45, 2.75) is 38.1 Å². The molecule has 0 atom stereocenters. The Morgan fingerprint density at radius 3 is 2.79 bits per heavy atom. The molecule has 1 fully saturated rings. The molecular weight excluding hydrogens is 198 g/mol. The maximum atomic E-state index is 5.82. The summed E-state index contributed by atoms with van der Waals surface area (Å²) < 4.78 is 0. The highest BCUT2D eigenvalue weighted by Gasteiger charge is 2.13. The van der Waals surface area contributed by atoms with Crippen LogP contribution in [0.1, 0.15) is 32.1 Å². The Labute approximate surface area is 88.9 Å². The van der Waals surface area contributed by atoms with E-state index in [0.29, 0.717) is 11.1 Å². The molecule has 0 aliphatic heterocycles. The van der Waals surface area contributed by atoms with Gasteiger partial charge in [-0.1, -0.05) is 30.9 Å². The van der Waals surface area contributed by atoms with Crippen molar-refractivity contribution in [3.8, 4) is 0 Å². The summed E-state index contributed by atoms with van der Waals surface area (Å²) in [5.74, 6) is 0.796. The molecule has 0 spiro atoms. The SMILES string of the molecule is Clc1cnnc(NC2CCCCC2)c1. The number of aromatic nitrogens is 2. The van der Waals surface area contributed by atoms with Crippen molar-refractivity contribution < 1.29 is 0 Å². The molecule has 2 rings (SSSR count). The van der Waals surface area contributed by atoms with Gasteiger partial charge in [0.1, 0.15) is 5.82 Å². The lowest BCUT2D eigenvalue weighted by atomic mass is 9.95. The molecule has 1 aromatic rings. The Morgan fingerprint density at radius 1 is 1.29 bits per heavy atom. The van der Waals surface area contributed by atoms with Gasteiger partial charge in [0.15, 0.2) is 0 Å². The van der Waals surface area contributed by atoms with Gasteiger partial charge in [0.2, 0.25) is 0 Å². The Hall–Kier alpha value is -0.830. The lowest BCUT2D eigenvalue weighted by molar-refractivity contribution is 0.461. The minimum absolute atomic E-state index is 0.552. The van der Waals surface area contributed by atoms with Crippen LogP contribution >= 0.6 is 11.6 Å². The summed E-state index contributed by atoms with van der Waals surface area (Å²) in [5.41, 5.74) is 0. The molecule has 0 amide bonds. The van der Waals surface area contributed by atoms with Crippen molar-refractivity contribution >= 4 is 17.4 Å². The Morgan fingerprint density at radius 2 is 2.07 bits per heavy atom. The molecule has 0 saturated heterocycles. The molecule has 0 radical (unpaired) electrons. The summed E-state index contributed by atoms with van der Waals surface area (Å²) in [7, 11) is 0. The first kappa shape index (κ1) is 9.71. The molecule has 1 heterocycles. The summed E-state index contributed by atoms with van der Waals surface area (Å²) in [6.45, 7) is 0. The van der Waals surface area contributed by atoms with Gasteiger partial charge < -0.3 is 5.32 Å². The zero-order valence-electron chi connectivity index (χ0n) is 8.04. The lowest BCUT2D eigenvalue weighted by Crippen LogP contribution is -2.22. The first-order valence-electron chi connectivity index (χ1n) is 5.09. The van der Waals surface area contributed by atoms with Crippen LogP contribution in [-0.2, 0) is 0 Å². The maximum absolute atomic E-state index is 5.82. The molecule has 1 aliphatic carbocycles. The monoisotopic (exact) mass is 211 g/mol. The zero-order valence-corrected chi connectivity index (χ0v) is 8.80. The summed E-state index contributed by atoms with van der Waals surface area (Å²) in [6.07, 6.45) is 7.99. The van der Waals surface area contributed by atoms with E-state index in [-0.39, 0.29) is 0 Å². The number of nitrogens with zero attached hydrogens (tertiary/aromatic N) is 2. The van der Waals surface area contributed by atoms with E-state index in [9.17, 15) is 0 Å². The van der Waals surface area contributed by atoms with Gasteiger partial charge in [0.25, 0.3) is 0 Å². The van der Waals surface area contributed by atoms with Crippen LogP contribution in [0, 0.1) is 0 Å². The standard InChI is InChI=1S/C10H14ClN3/c11-8-6-10(14-12-7-8)13-9-4-2-1-3-5-9/h6-7,9H,1-5H2,(H,13,14). The van der Waals surface area contributed by atoms with Crippen molar-refractivity contribution in [2.75, 3.05) is 5.32 Å². The van der Waals surface area contributed by atoms with Crippen LogP contribution in [0.15, 0.2) is 12.3 Å². The van der Waals surface area contributed by atoms with Gasteiger partial charge in [0, 0.05) is 12.1 Å². The molecular formula is C10H14ClN3. The molecule has 0 bridgehead atoms. The second kappa shape index (κ2) is 4.60.